The van der Waals surface area contributed by atoms with Gasteiger partial charge in [0.2, 0.25) is 5.71 Å². The van der Waals surface area contributed by atoms with E-state index >= 15 is 0 Å². The van der Waals surface area contributed by atoms with Crippen LogP contribution in [0.25, 0.3) is 0 Å². The zero-order valence-corrected chi connectivity index (χ0v) is 10.6. The largest absolute Gasteiger partial charge is 0.476 e. The van der Waals surface area contributed by atoms with Gasteiger partial charge in [-0.2, -0.15) is 0 Å². The Hall–Kier alpha value is -2.41. The van der Waals surface area contributed by atoms with Gasteiger partial charge >= 0.3 is 5.97 Å². The van der Waals surface area contributed by atoms with Gasteiger partial charge in [0.05, 0.1) is 0 Å². The van der Waals surface area contributed by atoms with Gasteiger partial charge in [0.1, 0.15) is 12.3 Å². The van der Waals surface area contributed by atoms with Crippen molar-refractivity contribution in [3.05, 3.63) is 47.0 Å². The zero-order chi connectivity index (χ0) is 13.7. The first-order valence-electron chi connectivity index (χ1n) is 5.35. The van der Waals surface area contributed by atoms with Crippen LogP contribution in [0.1, 0.15) is 11.3 Å². The van der Waals surface area contributed by atoms with Gasteiger partial charge in [0.15, 0.2) is 5.13 Å². The molecule has 3 N–H and O–H groups in total. The highest BCUT2D eigenvalue weighted by atomic mass is 32.1. The first-order chi connectivity index (χ1) is 9.16. The number of anilines is 1. The molecule has 0 saturated heterocycles. The smallest absolute Gasteiger partial charge is 0.360 e. The molecule has 0 atom stereocenters. The van der Waals surface area contributed by atoms with Crippen molar-refractivity contribution in [2.24, 2.45) is 5.16 Å². The predicted molar refractivity (Wildman–Crippen MR) is 71.9 cm³/mol. The molecule has 0 saturated carbocycles. The molecule has 0 fully saturated rings. The number of oxime groups is 1. The number of nitrogen functional groups attached to an aromatic ring is 1. The van der Waals surface area contributed by atoms with Crippen LogP contribution in [0.5, 0.6) is 0 Å². The number of rotatable bonds is 5. The molecule has 0 bridgehead atoms. The summed E-state index contributed by atoms with van der Waals surface area (Å²) in [5.41, 5.74) is 6.29. The van der Waals surface area contributed by atoms with E-state index in [0.29, 0.717) is 0 Å². The lowest BCUT2D eigenvalue weighted by Crippen LogP contribution is -2.15. The van der Waals surface area contributed by atoms with Crippen LogP contribution >= 0.6 is 11.3 Å². The molecule has 6 nitrogen and oxygen atoms in total. The van der Waals surface area contributed by atoms with E-state index in [1.54, 1.807) is 0 Å². The van der Waals surface area contributed by atoms with E-state index in [1.165, 1.54) is 5.38 Å². The summed E-state index contributed by atoms with van der Waals surface area (Å²) in [4.78, 5) is 20.0. The van der Waals surface area contributed by atoms with Crippen LogP contribution in [0.4, 0.5) is 5.13 Å². The quantitative estimate of drug-likeness (QED) is 0.640. The Morgan fingerprint density at radius 3 is 2.74 bits per heavy atom. The summed E-state index contributed by atoms with van der Waals surface area (Å²) in [5, 5.41) is 14.5. The van der Waals surface area contributed by atoms with Crippen molar-refractivity contribution in [2.75, 3.05) is 5.73 Å². The molecule has 0 aliphatic carbocycles. The zero-order valence-electron chi connectivity index (χ0n) is 9.81. The Morgan fingerprint density at radius 1 is 1.42 bits per heavy atom. The number of nitrogens with zero attached hydrogens (tertiary/aromatic N) is 2. The van der Waals surface area contributed by atoms with Gasteiger partial charge in [0, 0.05) is 5.38 Å². The fourth-order valence-corrected chi connectivity index (χ4v) is 1.89. The van der Waals surface area contributed by atoms with Crippen molar-refractivity contribution in [2.45, 2.75) is 6.61 Å². The summed E-state index contributed by atoms with van der Waals surface area (Å²) >= 11 is 1.15. The van der Waals surface area contributed by atoms with Crippen molar-refractivity contribution >= 4 is 28.1 Å². The molecule has 0 radical (unpaired) electrons. The van der Waals surface area contributed by atoms with Crippen molar-refractivity contribution in [3.63, 3.8) is 0 Å². The third-order valence-corrected chi connectivity index (χ3v) is 2.87. The maximum Gasteiger partial charge on any atom is 0.360 e. The summed E-state index contributed by atoms with van der Waals surface area (Å²) in [6, 6.07) is 9.32. The van der Waals surface area contributed by atoms with Gasteiger partial charge in [-0.1, -0.05) is 35.5 Å². The minimum absolute atomic E-state index is 0.192. The van der Waals surface area contributed by atoms with E-state index in [-0.39, 0.29) is 23.1 Å². The summed E-state index contributed by atoms with van der Waals surface area (Å²) in [6.45, 7) is 0.192. The number of hydrogen-bond acceptors (Lipinski definition) is 6. The molecule has 1 heterocycles. The molecule has 1 aromatic heterocycles. The third-order valence-electron chi connectivity index (χ3n) is 2.20. The average Bonchev–Trinajstić information content (AvgIpc) is 2.82. The summed E-state index contributed by atoms with van der Waals surface area (Å²) in [6.07, 6.45) is 0. The van der Waals surface area contributed by atoms with E-state index in [1.807, 2.05) is 30.3 Å². The lowest BCUT2D eigenvalue weighted by Gasteiger charge is -2.01. The Bertz CT molecular complexity index is 595. The number of carbonyl (C=O) groups is 1. The number of nitrogens with two attached hydrogens (primary N) is 1. The Labute approximate surface area is 113 Å². The highest BCUT2D eigenvalue weighted by molar-refractivity contribution is 7.13. The molecule has 0 spiro atoms. The molecule has 0 amide bonds. The maximum absolute atomic E-state index is 11.1. The van der Waals surface area contributed by atoms with Gasteiger partial charge in [-0.3, -0.25) is 0 Å². The lowest BCUT2D eigenvalue weighted by atomic mass is 10.2. The standard InChI is InChI=1S/C12H11N3O3S/c13-12-14-9(7-19-12)10(11(16)17)15-18-6-8-4-2-1-3-5-8/h1-5,7H,6H2,(H2,13,14)(H,16,17)/b15-10+. The number of carboxylic acids is 1. The number of hydrogen-bond donors (Lipinski definition) is 2. The molecule has 7 heteroatoms. The molecule has 98 valence electrons. The van der Waals surface area contributed by atoms with Crippen molar-refractivity contribution in [1.29, 1.82) is 0 Å². The van der Waals surface area contributed by atoms with Gasteiger partial charge in [-0.15, -0.1) is 11.3 Å². The number of aliphatic carboxylic acids is 1. The van der Waals surface area contributed by atoms with Crippen LogP contribution in [0, 0.1) is 0 Å². The Balaban J connectivity index is 2.08. The molecule has 1 aromatic carbocycles. The highest BCUT2D eigenvalue weighted by Crippen LogP contribution is 2.12. The monoisotopic (exact) mass is 277 g/mol. The minimum Gasteiger partial charge on any atom is -0.476 e. The topological polar surface area (TPSA) is 97.8 Å². The van der Waals surface area contributed by atoms with Crippen LogP contribution in [0.15, 0.2) is 40.9 Å². The van der Waals surface area contributed by atoms with Crippen LogP contribution < -0.4 is 5.73 Å². The van der Waals surface area contributed by atoms with Gasteiger partial charge in [-0.25, -0.2) is 9.78 Å². The molecule has 0 aliphatic rings. The SMILES string of the molecule is Nc1nc(/C(=N\OCc2ccccc2)C(=O)O)cs1. The summed E-state index contributed by atoms with van der Waals surface area (Å²) in [7, 11) is 0. The normalized spacial score (nSPS) is 11.3. The number of thiazole rings is 1. The van der Waals surface area contributed by atoms with Crippen LogP contribution in [-0.2, 0) is 16.2 Å². The third kappa shape index (κ3) is 3.52. The van der Waals surface area contributed by atoms with E-state index in [9.17, 15) is 4.79 Å². The fourth-order valence-electron chi connectivity index (χ4n) is 1.34. The number of carboxylic acid groups (broad SMARTS) is 1. The lowest BCUT2D eigenvalue weighted by molar-refractivity contribution is -0.129. The van der Waals surface area contributed by atoms with Crippen molar-refractivity contribution in [1.82, 2.24) is 4.98 Å². The first kappa shape index (κ1) is 13.0. The minimum atomic E-state index is -1.21. The molecule has 2 rings (SSSR count). The fraction of sp³-hybridized carbons (Fsp3) is 0.0833. The molecular weight excluding hydrogens is 266 g/mol. The maximum atomic E-state index is 11.1. The van der Waals surface area contributed by atoms with Gasteiger partial charge in [-0.05, 0) is 5.56 Å². The average molecular weight is 277 g/mol. The Kier molecular flexibility index (Phi) is 4.09. The second-order valence-corrected chi connectivity index (χ2v) is 4.46. The van der Waals surface area contributed by atoms with Gasteiger partial charge in [0.25, 0.3) is 0 Å². The van der Waals surface area contributed by atoms with Crippen molar-refractivity contribution < 1.29 is 14.7 Å². The molecule has 0 aliphatic heterocycles. The van der Waals surface area contributed by atoms with E-state index in [0.717, 1.165) is 16.9 Å². The molecule has 0 unspecified atom stereocenters. The second-order valence-electron chi connectivity index (χ2n) is 3.58. The molecule has 2 aromatic rings. The molecular formula is C12H11N3O3S. The Morgan fingerprint density at radius 2 is 2.16 bits per heavy atom. The van der Waals surface area contributed by atoms with Crippen LogP contribution in [-0.4, -0.2) is 21.8 Å². The van der Waals surface area contributed by atoms with E-state index in [2.05, 4.69) is 10.1 Å². The molecule has 19 heavy (non-hydrogen) atoms. The van der Waals surface area contributed by atoms with Gasteiger partial charge < -0.3 is 15.7 Å². The predicted octanol–water partition coefficient (Wildman–Crippen LogP) is 1.73. The summed E-state index contributed by atoms with van der Waals surface area (Å²) in [5.74, 6) is -1.21. The van der Waals surface area contributed by atoms with Crippen molar-refractivity contribution in [3.8, 4) is 0 Å². The summed E-state index contributed by atoms with van der Waals surface area (Å²) < 4.78 is 0. The number of aromatic nitrogens is 1. The van der Waals surface area contributed by atoms with E-state index in [4.69, 9.17) is 15.7 Å². The first-order valence-corrected chi connectivity index (χ1v) is 6.23. The van der Waals surface area contributed by atoms with Crippen LogP contribution in [0.2, 0.25) is 0 Å². The second kappa shape index (κ2) is 5.96. The highest BCUT2D eigenvalue weighted by Gasteiger charge is 2.16. The number of benzene rings is 1. The van der Waals surface area contributed by atoms with Crippen LogP contribution in [0.3, 0.4) is 0 Å². The van der Waals surface area contributed by atoms with E-state index < -0.39 is 5.97 Å².